The van der Waals surface area contributed by atoms with Crippen molar-refractivity contribution in [2.75, 3.05) is 18.9 Å². The molecule has 4 N–H and O–H groups in total. The average Bonchev–Trinajstić information content (AvgIpc) is 3.13. The molecule has 0 bridgehead atoms. The lowest BCUT2D eigenvalue weighted by molar-refractivity contribution is -0.108. The molecule has 9 nitrogen and oxygen atoms in total. The van der Waals surface area contributed by atoms with Crippen molar-refractivity contribution in [3.8, 4) is 0 Å². The summed E-state index contributed by atoms with van der Waals surface area (Å²) < 4.78 is 13.4. The summed E-state index contributed by atoms with van der Waals surface area (Å²) >= 11 is 3.19. The third kappa shape index (κ3) is 1.82. The molecule has 0 aromatic carbocycles. The molecule has 118 valence electrons. The maximum Gasteiger partial charge on any atom is 0.200 e. The van der Waals surface area contributed by atoms with Crippen LogP contribution in [0.4, 0.5) is 5.82 Å². The summed E-state index contributed by atoms with van der Waals surface area (Å²) in [5.74, 6) is 0.233. The van der Waals surface area contributed by atoms with Gasteiger partial charge in [-0.15, -0.1) is 0 Å². The summed E-state index contributed by atoms with van der Waals surface area (Å²) in [7, 11) is 0. The van der Waals surface area contributed by atoms with E-state index in [1.165, 1.54) is 6.33 Å². The fourth-order valence-corrected chi connectivity index (χ4v) is 3.53. The zero-order chi connectivity index (χ0) is 15.5. The number of aliphatic hydroxyl groups excluding tert-OH is 2. The molecule has 0 saturated carbocycles. The molecule has 2 aromatic rings. The summed E-state index contributed by atoms with van der Waals surface area (Å²) in [6.07, 6.45) is -0.273. The summed E-state index contributed by atoms with van der Waals surface area (Å²) in [6.45, 7) is 0.221. The maximum atomic E-state index is 10.5. The van der Waals surface area contributed by atoms with Crippen LogP contribution in [0.15, 0.2) is 11.1 Å². The van der Waals surface area contributed by atoms with Gasteiger partial charge in [0.25, 0.3) is 0 Å². The highest BCUT2D eigenvalue weighted by molar-refractivity contribution is 9.10. The van der Waals surface area contributed by atoms with Gasteiger partial charge in [0.2, 0.25) is 4.73 Å². The van der Waals surface area contributed by atoms with Gasteiger partial charge in [0.15, 0.2) is 17.7 Å². The van der Waals surface area contributed by atoms with Crippen molar-refractivity contribution >= 4 is 32.9 Å². The number of halogens is 1. The zero-order valence-electron chi connectivity index (χ0n) is 11.4. The number of anilines is 1. The molecule has 2 aliphatic heterocycles. The molecule has 0 radical (unpaired) electrons. The number of ether oxygens (including phenoxy) is 2. The lowest BCUT2D eigenvalue weighted by atomic mass is 9.95. The van der Waals surface area contributed by atoms with Crippen molar-refractivity contribution < 1.29 is 19.7 Å². The first-order valence-electron chi connectivity index (χ1n) is 6.79. The minimum Gasteiger partial charge on any atom is -0.393 e. The molecular formula is C12H14BrN5O4. The van der Waals surface area contributed by atoms with Gasteiger partial charge in [-0.2, -0.15) is 0 Å². The minimum absolute atomic E-state index is 0.224. The Morgan fingerprint density at radius 1 is 1.50 bits per heavy atom. The molecule has 2 saturated heterocycles. The average molecular weight is 372 g/mol. The van der Waals surface area contributed by atoms with E-state index in [4.69, 9.17) is 15.2 Å². The second-order valence-electron chi connectivity index (χ2n) is 5.47. The van der Waals surface area contributed by atoms with Crippen molar-refractivity contribution in [2.24, 2.45) is 0 Å². The Labute approximate surface area is 133 Å². The first-order valence-corrected chi connectivity index (χ1v) is 7.59. The van der Waals surface area contributed by atoms with E-state index in [9.17, 15) is 10.2 Å². The highest BCUT2D eigenvalue weighted by Crippen LogP contribution is 2.45. The topological polar surface area (TPSA) is 129 Å². The Kier molecular flexibility index (Phi) is 3.13. The van der Waals surface area contributed by atoms with Crippen molar-refractivity contribution in [2.45, 2.75) is 30.5 Å². The summed E-state index contributed by atoms with van der Waals surface area (Å²) in [4.78, 5) is 12.4. The molecule has 4 atom stereocenters. The number of aliphatic hydroxyl groups is 2. The van der Waals surface area contributed by atoms with Gasteiger partial charge >= 0.3 is 0 Å². The van der Waals surface area contributed by atoms with Crippen LogP contribution in [0.25, 0.3) is 11.2 Å². The van der Waals surface area contributed by atoms with Gasteiger partial charge in [-0.05, 0) is 15.9 Å². The number of nitrogens with zero attached hydrogens (tertiary/aromatic N) is 4. The zero-order valence-corrected chi connectivity index (χ0v) is 13.0. The van der Waals surface area contributed by atoms with E-state index in [2.05, 4.69) is 30.9 Å². The minimum atomic E-state index is -0.943. The van der Waals surface area contributed by atoms with Crippen LogP contribution in [0, 0.1) is 0 Å². The number of rotatable bonds is 2. The van der Waals surface area contributed by atoms with Gasteiger partial charge in [-0.1, -0.05) is 0 Å². The van der Waals surface area contributed by atoms with Crippen LogP contribution in [0.5, 0.6) is 0 Å². The monoisotopic (exact) mass is 371 g/mol. The van der Waals surface area contributed by atoms with Gasteiger partial charge in [0.1, 0.15) is 23.3 Å². The molecule has 10 heteroatoms. The molecule has 0 amide bonds. The van der Waals surface area contributed by atoms with E-state index in [1.54, 1.807) is 4.57 Å². The fourth-order valence-electron chi connectivity index (χ4n) is 3.17. The maximum absolute atomic E-state index is 10.5. The van der Waals surface area contributed by atoms with Crippen molar-refractivity contribution in [3.63, 3.8) is 0 Å². The number of fused-ring (bicyclic) bond motifs is 2. The highest BCUT2D eigenvalue weighted by atomic mass is 79.9. The van der Waals surface area contributed by atoms with Crippen molar-refractivity contribution in [3.05, 3.63) is 11.1 Å². The molecule has 2 fully saturated rings. The van der Waals surface area contributed by atoms with Crippen LogP contribution in [0.2, 0.25) is 0 Å². The highest BCUT2D eigenvalue weighted by Gasteiger charge is 2.59. The van der Waals surface area contributed by atoms with Gasteiger partial charge in [0, 0.05) is 6.42 Å². The van der Waals surface area contributed by atoms with E-state index < -0.39 is 24.0 Å². The molecule has 0 spiro atoms. The van der Waals surface area contributed by atoms with Crippen LogP contribution in [0.3, 0.4) is 0 Å². The predicted molar refractivity (Wildman–Crippen MR) is 77.7 cm³/mol. The van der Waals surface area contributed by atoms with Crippen LogP contribution < -0.4 is 5.73 Å². The number of imidazole rings is 1. The number of nitrogen functional groups attached to an aromatic ring is 1. The molecule has 0 unspecified atom stereocenters. The van der Waals surface area contributed by atoms with Crippen molar-refractivity contribution in [1.29, 1.82) is 0 Å². The Morgan fingerprint density at radius 3 is 3.05 bits per heavy atom. The lowest BCUT2D eigenvalue weighted by Crippen LogP contribution is -2.42. The Balaban J connectivity index is 1.80. The Bertz CT molecular complexity index is 740. The fraction of sp³-hybridized carbons (Fsp3) is 0.583. The Morgan fingerprint density at radius 2 is 2.32 bits per heavy atom. The largest absolute Gasteiger partial charge is 0.393 e. The number of hydrogen-bond acceptors (Lipinski definition) is 8. The normalized spacial score (nSPS) is 34.4. The van der Waals surface area contributed by atoms with Crippen LogP contribution in [-0.2, 0) is 9.47 Å². The second kappa shape index (κ2) is 4.83. The van der Waals surface area contributed by atoms with Gasteiger partial charge < -0.3 is 25.4 Å². The van der Waals surface area contributed by atoms with Crippen molar-refractivity contribution in [1.82, 2.24) is 19.5 Å². The van der Waals surface area contributed by atoms with Crippen LogP contribution in [0.1, 0.15) is 12.6 Å². The first-order chi connectivity index (χ1) is 10.6. The number of nitrogens with two attached hydrogens (primary N) is 1. The molecular weight excluding hydrogens is 358 g/mol. The van der Waals surface area contributed by atoms with Crippen LogP contribution >= 0.6 is 15.9 Å². The SMILES string of the molecule is Nc1nc(Br)nc2c1ncn2[C@@H]1O[C@@]2(CO)CCO[C@H]2[C@H]1O. The van der Waals surface area contributed by atoms with E-state index in [0.717, 1.165) is 0 Å². The summed E-state index contributed by atoms with van der Waals surface area (Å²) in [5.41, 5.74) is 5.80. The van der Waals surface area contributed by atoms with Gasteiger partial charge in [-0.25, -0.2) is 15.0 Å². The molecule has 4 heterocycles. The standard InChI is InChI=1S/C12H14BrN5O4/c13-11-16-8(14)5-9(17-11)18(4-15-5)10-6(20)7-12(3-19,22-10)1-2-21-7/h4,6-7,10,19-20H,1-3H2,(H2,14,16,17)/t6-,7+,10-,12-/m1/s1. The quantitative estimate of drug-likeness (QED) is 0.607. The first kappa shape index (κ1) is 14.3. The Hall–Kier alpha value is -1.33. The summed E-state index contributed by atoms with van der Waals surface area (Å²) in [6, 6.07) is 0. The molecule has 2 aromatic heterocycles. The number of aromatic nitrogens is 4. The van der Waals surface area contributed by atoms with E-state index in [1.807, 2.05) is 0 Å². The van der Waals surface area contributed by atoms with E-state index in [0.29, 0.717) is 28.9 Å². The van der Waals surface area contributed by atoms with Gasteiger partial charge in [-0.3, -0.25) is 4.57 Å². The molecule has 2 aliphatic rings. The third-order valence-electron chi connectivity index (χ3n) is 4.26. The van der Waals surface area contributed by atoms with Gasteiger partial charge in [0.05, 0.1) is 19.5 Å². The second-order valence-corrected chi connectivity index (χ2v) is 6.17. The van der Waals surface area contributed by atoms with E-state index >= 15 is 0 Å². The molecule has 22 heavy (non-hydrogen) atoms. The predicted octanol–water partition coefficient (Wildman–Crippen LogP) is -0.419. The number of hydrogen-bond donors (Lipinski definition) is 3. The third-order valence-corrected chi connectivity index (χ3v) is 4.62. The summed E-state index contributed by atoms with van der Waals surface area (Å²) in [5, 5.41) is 20.2. The molecule has 0 aliphatic carbocycles. The lowest BCUT2D eigenvalue weighted by Gasteiger charge is -2.24. The van der Waals surface area contributed by atoms with Crippen LogP contribution in [-0.4, -0.2) is 60.8 Å². The smallest absolute Gasteiger partial charge is 0.200 e. The van der Waals surface area contributed by atoms with E-state index in [-0.39, 0.29) is 12.4 Å². The molecule has 4 rings (SSSR count).